The van der Waals surface area contributed by atoms with Crippen molar-refractivity contribution in [2.45, 2.75) is 0 Å². The van der Waals surface area contributed by atoms with E-state index in [1.807, 2.05) is 0 Å². The van der Waals surface area contributed by atoms with Crippen molar-refractivity contribution in [2.24, 2.45) is 0 Å². The van der Waals surface area contributed by atoms with Crippen LogP contribution in [0.4, 0.5) is 5.82 Å². The summed E-state index contributed by atoms with van der Waals surface area (Å²) < 4.78 is -0.00750. The van der Waals surface area contributed by atoms with Gasteiger partial charge in [-0.2, -0.15) is 0 Å². The number of hydrogen-bond acceptors (Lipinski definition) is 4. The minimum atomic E-state index is -1.32. The molecule has 0 fully saturated rings. The van der Waals surface area contributed by atoms with Crippen LogP contribution in [0, 0.1) is 15.3 Å². The molecule has 1 heterocycles. The van der Waals surface area contributed by atoms with Crippen LogP contribution >= 0.6 is 0 Å². The lowest BCUT2D eigenvalue weighted by atomic mass is 10.3. The van der Waals surface area contributed by atoms with Gasteiger partial charge < -0.3 is 10.3 Å². The Morgan fingerprint density at radius 3 is 2.69 bits per heavy atom. The SMILES string of the molecule is O=C(O)c1cc[n+]([O-])c([N+](=O)[O-])c1. The fraction of sp³-hybridized carbons (Fsp3) is 0. The first-order valence-corrected chi connectivity index (χ1v) is 3.13. The molecule has 0 unspecified atom stereocenters. The van der Waals surface area contributed by atoms with Crippen LogP contribution in [0.3, 0.4) is 0 Å². The van der Waals surface area contributed by atoms with E-state index in [0.29, 0.717) is 6.07 Å². The molecule has 1 aromatic rings. The zero-order valence-corrected chi connectivity index (χ0v) is 6.21. The first kappa shape index (κ1) is 8.91. The molecule has 0 atom stereocenters. The summed E-state index contributed by atoms with van der Waals surface area (Å²) >= 11 is 0. The summed E-state index contributed by atoms with van der Waals surface area (Å²) in [5.74, 6) is -2.12. The Balaban J connectivity index is 3.27. The number of rotatable bonds is 2. The Hall–Kier alpha value is -2.18. The van der Waals surface area contributed by atoms with E-state index in [0.717, 1.165) is 12.3 Å². The van der Waals surface area contributed by atoms with E-state index >= 15 is 0 Å². The van der Waals surface area contributed by atoms with Crippen molar-refractivity contribution in [2.75, 3.05) is 0 Å². The molecule has 0 aliphatic carbocycles. The molecular weight excluding hydrogens is 180 g/mol. The first-order valence-electron chi connectivity index (χ1n) is 3.13. The third-order valence-electron chi connectivity index (χ3n) is 1.33. The molecular formula is C6H4N2O5. The van der Waals surface area contributed by atoms with Gasteiger partial charge in [-0.15, -0.1) is 4.73 Å². The molecule has 0 aliphatic heterocycles. The molecule has 0 saturated carbocycles. The summed E-state index contributed by atoms with van der Waals surface area (Å²) in [7, 11) is 0. The van der Waals surface area contributed by atoms with Crippen molar-refractivity contribution < 1.29 is 19.6 Å². The molecule has 68 valence electrons. The Labute approximate surface area is 71.6 Å². The molecule has 0 amide bonds. The lowest BCUT2D eigenvalue weighted by Crippen LogP contribution is -2.29. The number of carbonyl (C=O) groups is 1. The van der Waals surface area contributed by atoms with Crippen LogP contribution in [0.5, 0.6) is 0 Å². The van der Waals surface area contributed by atoms with Gasteiger partial charge in [0.05, 0.1) is 5.56 Å². The molecule has 0 aliphatic rings. The largest absolute Gasteiger partial charge is 0.614 e. The summed E-state index contributed by atoms with van der Waals surface area (Å²) in [5.41, 5.74) is -0.293. The summed E-state index contributed by atoms with van der Waals surface area (Å²) in [6, 6.07) is 1.69. The van der Waals surface area contributed by atoms with Gasteiger partial charge in [-0.05, 0) is 0 Å². The van der Waals surface area contributed by atoms with E-state index in [2.05, 4.69) is 0 Å². The van der Waals surface area contributed by atoms with Gasteiger partial charge in [-0.3, -0.25) is 10.1 Å². The summed E-state index contributed by atoms with van der Waals surface area (Å²) in [6.07, 6.45) is 0.779. The zero-order chi connectivity index (χ0) is 10.0. The molecule has 13 heavy (non-hydrogen) atoms. The molecule has 0 aromatic carbocycles. The van der Waals surface area contributed by atoms with Crippen LogP contribution in [0.25, 0.3) is 0 Å². The van der Waals surface area contributed by atoms with E-state index in [4.69, 9.17) is 5.11 Å². The van der Waals surface area contributed by atoms with Crippen molar-refractivity contribution >= 4 is 11.8 Å². The Morgan fingerprint density at radius 1 is 1.62 bits per heavy atom. The highest BCUT2D eigenvalue weighted by Gasteiger charge is 2.20. The second-order valence-electron chi connectivity index (χ2n) is 2.16. The van der Waals surface area contributed by atoms with E-state index in [1.54, 1.807) is 0 Å². The van der Waals surface area contributed by atoms with Crippen molar-refractivity contribution in [3.8, 4) is 0 Å². The fourth-order valence-electron chi connectivity index (χ4n) is 0.741. The van der Waals surface area contributed by atoms with Crippen LogP contribution in [0.1, 0.15) is 10.4 Å². The monoisotopic (exact) mass is 184 g/mol. The average molecular weight is 184 g/mol. The van der Waals surface area contributed by atoms with E-state index in [1.165, 1.54) is 0 Å². The molecule has 1 N–H and O–H groups in total. The predicted molar refractivity (Wildman–Crippen MR) is 39.0 cm³/mol. The average Bonchev–Trinajstić information content (AvgIpc) is 2.04. The minimum absolute atomic E-state index is 0.00750. The van der Waals surface area contributed by atoms with Crippen LogP contribution in [-0.4, -0.2) is 16.0 Å². The maximum absolute atomic E-state index is 10.7. The highest BCUT2D eigenvalue weighted by atomic mass is 16.6. The van der Waals surface area contributed by atoms with Crippen molar-refractivity contribution in [3.05, 3.63) is 39.2 Å². The van der Waals surface area contributed by atoms with Crippen LogP contribution < -0.4 is 4.73 Å². The summed E-state index contributed by atoms with van der Waals surface area (Å²) in [4.78, 5) is 19.6. The lowest BCUT2D eigenvalue weighted by molar-refractivity contribution is -0.664. The number of nitro groups is 1. The quantitative estimate of drug-likeness (QED) is 0.299. The minimum Gasteiger partial charge on any atom is -0.614 e. The van der Waals surface area contributed by atoms with Crippen LogP contribution in [0.2, 0.25) is 0 Å². The Morgan fingerprint density at radius 2 is 2.23 bits per heavy atom. The molecule has 0 saturated heterocycles. The van der Waals surface area contributed by atoms with Gasteiger partial charge in [0.1, 0.15) is 11.0 Å². The summed E-state index contributed by atoms with van der Waals surface area (Å²) in [5, 5.41) is 29.4. The maximum Gasteiger partial charge on any atom is 0.513 e. The van der Waals surface area contributed by atoms with Crippen molar-refractivity contribution in [1.82, 2.24) is 0 Å². The smallest absolute Gasteiger partial charge is 0.513 e. The normalized spacial score (nSPS) is 9.54. The van der Waals surface area contributed by atoms with Gasteiger partial charge in [0.2, 0.25) is 0 Å². The van der Waals surface area contributed by atoms with Gasteiger partial charge >= 0.3 is 11.8 Å². The van der Waals surface area contributed by atoms with E-state index in [9.17, 15) is 20.1 Å². The standard InChI is InChI=1S/C6H4N2O5/c9-6(10)4-1-2-7(11)5(3-4)8(12)13/h1-3H,(H,9,10). The second kappa shape index (κ2) is 3.05. The van der Waals surface area contributed by atoms with Crippen molar-refractivity contribution in [1.29, 1.82) is 0 Å². The number of pyridine rings is 1. The van der Waals surface area contributed by atoms with E-state index in [-0.39, 0.29) is 10.3 Å². The maximum atomic E-state index is 10.7. The molecule has 1 aromatic heterocycles. The van der Waals surface area contributed by atoms with Gasteiger partial charge in [-0.25, -0.2) is 4.79 Å². The molecule has 0 bridgehead atoms. The van der Waals surface area contributed by atoms with Gasteiger partial charge in [0.25, 0.3) is 0 Å². The van der Waals surface area contributed by atoms with Gasteiger partial charge in [0, 0.05) is 6.07 Å². The van der Waals surface area contributed by atoms with E-state index < -0.39 is 16.7 Å². The Kier molecular flexibility index (Phi) is 2.09. The van der Waals surface area contributed by atoms with Crippen LogP contribution in [0.15, 0.2) is 18.3 Å². The number of aromatic carboxylic acids is 1. The summed E-state index contributed by atoms with van der Waals surface area (Å²) in [6.45, 7) is 0. The number of carboxylic acid groups (broad SMARTS) is 1. The first-order chi connectivity index (χ1) is 6.02. The molecule has 1 rings (SSSR count). The second-order valence-corrected chi connectivity index (χ2v) is 2.16. The fourth-order valence-corrected chi connectivity index (χ4v) is 0.741. The zero-order valence-electron chi connectivity index (χ0n) is 6.21. The lowest BCUT2D eigenvalue weighted by Gasteiger charge is -1.96. The third kappa shape index (κ3) is 1.70. The molecule has 7 nitrogen and oxygen atoms in total. The third-order valence-corrected chi connectivity index (χ3v) is 1.33. The molecule has 0 radical (unpaired) electrons. The molecule has 7 heteroatoms. The van der Waals surface area contributed by atoms with Crippen molar-refractivity contribution in [3.63, 3.8) is 0 Å². The number of hydrogen-bond donors (Lipinski definition) is 1. The Bertz CT molecular complexity index is 375. The number of aromatic nitrogens is 1. The highest BCUT2D eigenvalue weighted by Crippen LogP contribution is 2.06. The number of nitrogens with zero attached hydrogens (tertiary/aromatic N) is 2. The topological polar surface area (TPSA) is 107 Å². The van der Waals surface area contributed by atoms with Gasteiger partial charge in [-0.1, -0.05) is 0 Å². The highest BCUT2D eigenvalue weighted by molar-refractivity contribution is 5.87. The van der Waals surface area contributed by atoms with Gasteiger partial charge in [0.15, 0.2) is 6.20 Å². The number of carboxylic acids is 1. The molecule has 0 spiro atoms. The van der Waals surface area contributed by atoms with Crippen LogP contribution in [-0.2, 0) is 0 Å². The predicted octanol–water partition coefficient (Wildman–Crippen LogP) is -0.0736.